The third-order valence-corrected chi connectivity index (χ3v) is 5.16. The van der Waals surface area contributed by atoms with Crippen LogP contribution in [0.2, 0.25) is 5.02 Å². The van der Waals surface area contributed by atoms with E-state index >= 15 is 0 Å². The molecule has 0 aliphatic heterocycles. The van der Waals surface area contributed by atoms with Gasteiger partial charge in [-0.1, -0.05) is 29.8 Å². The molecule has 0 radical (unpaired) electrons. The lowest BCUT2D eigenvalue weighted by atomic mass is 10.1. The number of halogens is 5. The maximum absolute atomic E-state index is 13.6. The molecule has 0 saturated carbocycles. The lowest BCUT2D eigenvalue weighted by Gasteiger charge is -2.13. The monoisotopic (exact) mass is 473 g/mol. The number of carbonyl (C=O) groups excluding carboxylic acids is 2. The van der Waals surface area contributed by atoms with Crippen LogP contribution in [0.1, 0.15) is 31.2 Å². The molecule has 1 aromatic heterocycles. The van der Waals surface area contributed by atoms with E-state index in [9.17, 15) is 32.3 Å². The van der Waals surface area contributed by atoms with E-state index < -0.39 is 41.7 Å². The second-order valence-corrected chi connectivity index (χ2v) is 7.37. The fourth-order valence-corrected chi connectivity index (χ4v) is 3.45. The second-order valence-electron chi connectivity index (χ2n) is 6.11. The van der Waals surface area contributed by atoms with Crippen LogP contribution in [-0.2, 0) is 12.7 Å². The number of nitrogens with one attached hydrogen (secondary N) is 2. The van der Waals surface area contributed by atoms with Crippen molar-refractivity contribution in [1.82, 2.24) is 10.3 Å². The number of thiazole rings is 1. The zero-order valence-corrected chi connectivity index (χ0v) is 16.8. The summed E-state index contributed by atoms with van der Waals surface area (Å²) in [6, 6.07) is 6.57. The number of amides is 2. The summed E-state index contributed by atoms with van der Waals surface area (Å²) in [6.45, 7) is -0.404. The quantitative estimate of drug-likeness (QED) is 0.462. The number of anilines is 1. The van der Waals surface area contributed by atoms with Crippen molar-refractivity contribution in [3.8, 4) is 5.75 Å². The van der Waals surface area contributed by atoms with Crippen molar-refractivity contribution in [2.45, 2.75) is 12.7 Å². The number of benzene rings is 2. The molecular formula is C19H12ClF4N3O3S. The maximum Gasteiger partial charge on any atom is 0.416 e. The number of aromatic hydroxyl groups is 1. The first-order valence-corrected chi connectivity index (χ1v) is 9.70. The molecule has 3 aromatic rings. The molecule has 12 heteroatoms. The first-order chi connectivity index (χ1) is 14.6. The normalized spacial score (nSPS) is 11.3. The second kappa shape index (κ2) is 8.90. The van der Waals surface area contributed by atoms with E-state index in [1.54, 1.807) is 0 Å². The molecule has 0 spiro atoms. The molecule has 3 N–H and O–H groups in total. The molecule has 31 heavy (non-hydrogen) atoms. The van der Waals surface area contributed by atoms with Crippen molar-refractivity contribution in [3.05, 3.63) is 74.3 Å². The molecule has 0 bridgehead atoms. The van der Waals surface area contributed by atoms with Gasteiger partial charge >= 0.3 is 6.18 Å². The molecule has 2 amide bonds. The van der Waals surface area contributed by atoms with Gasteiger partial charge in [0.05, 0.1) is 16.1 Å². The van der Waals surface area contributed by atoms with Gasteiger partial charge in [-0.3, -0.25) is 9.59 Å². The smallest absolute Gasteiger partial charge is 0.416 e. The number of alkyl halides is 3. The lowest BCUT2D eigenvalue weighted by molar-refractivity contribution is -0.138. The van der Waals surface area contributed by atoms with Crippen LogP contribution in [0.4, 0.5) is 23.4 Å². The van der Waals surface area contributed by atoms with Gasteiger partial charge in [-0.05, 0) is 23.8 Å². The Morgan fingerprint density at radius 1 is 1.16 bits per heavy atom. The Morgan fingerprint density at radius 3 is 2.55 bits per heavy atom. The number of phenolic OH excluding ortho intramolecular Hbond substituents is 1. The molecule has 3 rings (SSSR count). The predicted molar refractivity (Wildman–Crippen MR) is 106 cm³/mol. The van der Waals surface area contributed by atoms with E-state index in [1.807, 2.05) is 0 Å². The Balaban J connectivity index is 1.73. The van der Waals surface area contributed by atoms with Gasteiger partial charge in [0, 0.05) is 12.1 Å². The van der Waals surface area contributed by atoms with Gasteiger partial charge in [-0.15, -0.1) is 11.3 Å². The van der Waals surface area contributed by atoms with Crippen LogP contribution in [-0.4, -0.2) is 21.9 Å². The summed E-state index contributed by atoms with van der Waals surface area (Å²) in [5, 5.41) is 13.6. The average Bonchev–Trinajstić information content (AvgIpc) is 3.17. The van der Waals surface area contributed by atoms with Gasteiger partial charge in [0.1, 0.15) is 4.88 Å². The summed E-state index contributed by atoms with van der Waals surface area (Å²) in [7, 11) is 0. The Kier molecular flexibility index (Phi) is 6.46. The van der Waals surface area contributed by atoms with Crippen LogP contribution >= 0.6 is 22.9 Å². The fraction of sp³-hybridized carbons (Fsp3) is 0.105. The molecule has 2 aromatic carbocycles. The van der Waals surface area contributed by atoms with Crippen molar-refractivity contribution in [1.29, 1.82) is 0 Å². The van der Waals surface area contributed by atoms with Crippen LogP contribution in [0.25, 0.3) is 0 Å². The van der Waals surface area contributed by atoms with Gasteiger partial charge < -0.3 is 15.7 Å². The maximum atomic E-state index is 13.6. The van der Waals surface area contributed by atoms with Crippen molar-refractivity contribution in [2.24, 2.45) is 0 Å². The van der Waals surface area contributed by atoms with Gasteiger partial charge in [-0.2, -0.15) is 13.2 Å². The molecule has 162 valence electrons. The van der Waals surface area contributed by atoms with Gasteiger partial charge in [0.2, 0.25) is 0 Å². The summed E-state index contributed by atoms with van der Waals surface area (Å²) in [6.07, 6.45) is -4.58. The lowest BCUT2D eigenvalue weighted by Crippen LogP contribution is -2.25. The highest BCUT2D eigenvalue weighted by molar-refractivity contribution is 7.12. The van der Waals surface area contributed by atoms with E-state index in [4.69, 9.17) is 11.6 Å². The van der Waals surface area contributed by atoms with Crippen molar-refractivity contribution >= 4 is 40.6 Å². The summed E-state index contributed by atoms with van der Waals surface area (Å²) in [5.41, 5.74) is 0.00394. The van der Waals surface area contributed by atoms with Crippen molar-refractivity contribution in [3.63, 3.8) is 0 Å². The van der Waals surface area contributed by atoms with Crippen LogP contribution in [0.15, 0.2) is 41.9 Å². The molecule has 6 nitrogen and oxygen atoms in total. The summed E-state index contributed by atoms with van der Waals surface area (Å²) < 4.78 is 52.8. The molecule has 0 saturated heterocycles. The number of nitrogens with zero attached hydrogens (tertiary/aromatic N) is 1. The van der Waals surface area contributed by atoms with E-state index in [0.717, 1.165) is 29.5 Å². The molecule has 0 aliphatic rings. The third kappa shape index (κ3) is 5.12. The van der Waals surface area contributed by atoms with Crippen LogP contribution in [0, 0.1) is 5.82 Å². The van der Waals surface area contributed by atoms with Crippen LogP contribution in [0.3, 0.4) is 0 Å². The molecular weight excluding hydrogens is 462 g/mol. The topological polar surface area (TPSA) is 91.3 Å². The summed E-state index contributed by atoms with van der Waals surface area (Å²) in [4.78, 5) is 28.6. The van der Waals surface area contributed by atoms with E-state index in [1.165, 1.54) is 23.7 Å². The minimum atomic E-state index is -4.58. The Morgan fingerprint density at radius 2 is 1.87 bits per heavy atom. The van der Waals surface area contributed by atoms with E-state index in [-0.39, 0.29) is 26.8 Å². The number of phenols is 1. The molecule has 1 heterocycles. The Hall–Kier alpha value is -3.18. The number of aromatic nitrogens is 1. The SMILES string of the molecule is O=C(Nc1ncsc1C(=O)NCc1ccccc1C(F)(F)F)c1cc(F)c(O)c(Cl)c1. The highest BCUT2D eigenvalue weighted by Crippen LogP contribution is 2.32. The summed E-state index contributed by atoms with van der Waals surface area (Å²) in [5.74, 6) is -3.71. The van der Waals surface area contributed by atoms with E-state index in [0.29, 0.717) is 0 Å². The largest absolute Gasteiger partial charge is 0.504 e. The average molecular weight is 474 g/mol. The predicted octanol–water partition coefficient (Wildman–Crippen LogP) is 4.84. The standard InChI is InChI=1S/C19H12ClF4N3O3S/c20-12-5-10(6-13(21)14(12)28)17(29)27-16-15(31-8-26-16)18(30)25-7-9-3-1-2-4-11(9)19(22,23)24/h1-6,8,28H,7H2,(H,25,30)(H,27,29). The van der Waals surface area contributed by atoms with Crippen molar-refractivity contribution < 1.29 is 32.3 Å². The Labute approximate surface area is 181 Å². The molecule has 0 aliphatic carbocycles. The summed E-state index contributed by atoms with van der Waals surface area (Å²) >= 11 is 6.49. The Bertz CT molecular complexity index is 1130. The van der Waals surface area contributed by atoms with Crippen LogP contribution < -0.4 is 10.6 Å². The third-order valence-electron chi connectivity index (χ3n) is 4.05. The van der Waals surface area contributed by atoms with Gasteiger partial charge in [0.25, 0.3) is 11.8 Å². The minimum Gasteiger partial charge on any atom is -0.504 e. The molecule has 0 fully saturated rings. The van der Waals surface area contributed by atoms with Gasteiger partial charge in [0.15, 0.2) is 17.4 Å². The number of rotatable bonds is 5. The highest BCUT2D eigenvalue weighted by Gasteiger charge is 2.33. The first-order valence-electron chi connectivity index (χ1n) is 8.44. The number of hydrogen-bond donors (Lipinski definition) is 3. The number of carbonyl (C=O) groups is 2. The van der Waals surface area contributed by atoms with Crippen molar-refractivity contribution in [2.75, 3.05) is 5.32 Å². The molecule has 0 unspecified atom stereocenters. The molecule has 0 atom stereocenters. The number of hydrogen-bond acceptors (Lipinski definition) is 5. The minimum absolute atomic E-state index is 0.0665. The van der Waals surface area contributed by atoms with E-state index in [2.05, 4.69) is 15.6 Å². The first kappa shape index (κ1) is 22.5. The van der Waals surface area contributed by atoms with Gasteiger partial charge in [-0.25, -0.2) is 9.37 Å². The highest BCUT2D eigenvalue weighted by atomic mass is 35.5. The fourth-order valence-electron chi connectivity index (χ4n) is 2.58. The zero-order chi connectivity index (χ0) is 22.8. The van der Waals surface area contributed by atoms with Crippen LogP contribution in [0.5, 0.6) is 5.75 Å². The zero-order valence-electron chi connectivity index (χ0n) is 15.3.